The molecular formula is C37H34N4O3. The number of ether oxygens (including phenoxy) is 1. The minimum atomic E-state index is -0.740. The van der Waals surface area contributed by atoms with Crippen LogP contribution in [0.4, 0.5) is 0 Å². The first kappa shape index (κ1) is 27.8. The highest BCUT2D eigenvalue weighted by atomic mass is 16.5. The molecule has 1 aliphatic rings. The second-order valence-electron chi connectivity index (χ2n) is 11.7. The Morgan fingerprint density at radius 2 is 1.70 bits per heavy atom. The van der Waals surface area contributed by atoms with Crippen LogP contribution in [0.15, 0.2) is 97.2 Å². The number of imidazole rings is 1. The number of fused-ring (bicyclic) bond motifs is 2. The predicted octanol–water partition coefficient (Wildman–Crippen LogP) is 7.94. The maximum absolute atomic E-state index is 12.3. The molecule has 0 bridgehead atoms. The zero-order valence-corrected chi connectivity index (χ0v) is 24.7. The lowest BCUT2D eigenvalue weighted by atomic mass is 9.78. The molecule has 0 aliphatic heterocycles. The summed E-state index contributed by atoms with van der Waals surface area (Å²) in [6.45, 7) is 2.93. The first-order valence-electron chi connectivity index (χ1n) is 15.2. The van der Waals surface area contributed by atoms with Crippen molar-refractivity contribution in [3.8, 4) is 16.9 Å². The summed E-state index contributed by atoms with van der Waals surface area (Å²) in [6, 6.07) is 30.7. The van der Waals surface area contributed by atoms with E-state index in [0.717, 1.165) is 75.1 Å². The van der Waals surface area contributed by atoms with E-state index >= 15 is 0 Å². The molecule has 3 aromatic carbocycles. The van der Waals surface area contributed by atoms with Gasteiger partial charge in [-0.15, -0.1) is 0 Å². The third kappa shape index (κ3) is 5.65. The van der Waals surface area contributed by atoms with Crippen molar-refractivity contribution in [2.24, 2.45) is 5.92 Å². The molecule has 7 heteroatoms. The van der Waals surface area contributed by atoms with Crippen LogP contribution in [0.3, 0.4) is 0 Å². The third-order valence-electron chi connectivity index (χ3n) is 8.75. The number of pyridine rings is 2. The molecule has 220 valence electrons. The molecule has 2 atom stereocenters. The van der Waals surface area contributed by atoms with Gasteiger partial charge in [-0.1, -0.05) is 67.4 Å². The van der Waals surface area contributed by atoms with E-state index < -0.39 is 11.9 Å². The van der Waals surface area contributed by atoms with Crippen LogP contribution in [0.5, 0.6) is 5.75 Å². The topological polar surface area (TPSA) is 90.1 Å². The number of hydrogen-bond donors (Lipinski definition) is 1. The number of hydrogen-bond acceptors (Lipinski definition) is 5. The van der Waals surface area contributed by atoms with Crippen LogP contribution in [0, 0.1) is 12.8 Å². The molecule has 0 unspecified atom stereocenters. The second kappa shape index (κ2) is 11.9. The van der Waals surface area contributed by atoms with Gasteiger partial charge in [0.2, 0.25) is 0 Å². The minimum absolute atomic E-state index is 0.141. The third-order valence-corrected chi connectivity index (χ3v) is 8.75. The zero-order chi connectivity index (χ0) is 30.0. The van der Waals surface area contributed by atoms with Crippen molar-refractivity contribution in [1.29, 1.82) is 0 Å². The Kier molecular flexibility index (Phi) is 7.52. The van der Waals surface area contributed by atoms with Crippen LogP contribution in [0.25, 0.3) is 33.1 Å². The molecule has 1 saturated carbocycles. The molecule has 0 saturated heterocycles. The molecule has 3 aromatic heterocycles. The van der Waals surface area contributed by atoms with Gasteiger partial charge in [0.05, 0.1) is 28.2 Å². The number of aromatic nitrogens is 4. The van der Waals surface area contributed by atoms with Crippen molar-refractivity contribution < 1.29 is 14.6 Å². The van der Waals surface area contributed by atoms with Crippen molar-refractivity contribution in [1.82, 2.24) is 19.5 Å². The summed E-state index contributed by atoms with van der Waals surface area (Å²) in [7, 11) is 0. The summed E-state index contributed by atoms with van der Waals surface area (Å²) >= 11 is 0. The number of nitrogens with zero attached hydrogens (tertiary/aromatic N) is 4. The average Bonchev–Trinajstić information content (AvgIpc) is 3.41. The Bertz CT molecular complexity index is 1950. The Morgan fingerprint density at radius 3 is 2.52 bits per heavy atom. The van der Waals surface area contributed by atoms with Crippen molar-refractivity contribution in [3.05, 3.63) is 120 Å². The first-order valence-corrected chi connectivity index (χ1v) is 15.2. The monoisotopic (exact) mass is 582 g/mol. The van der Waals surface area contributed by atoms with Crippen LogP contribution in [-0.4, -0.2) is 30.6 Å². The number of rotatable bonds is 8. The standard InChI is InChI=1S/C37H34N4O3/c1-24-10-13-28(21-38-24)26-14-11-25(12-15-26)22-41-35-19-18-30(44-23-29-17-16-27-6-2-5-9-33(27)39-29)20-34(35)40-36(41)31-7-3-4-8-32(31)37(42)43/h2,5-6,9-21,31-32H,3-4,7-8,22-23H2,1H3,(H,42,43)/t31-,32+/m0/s1. The summed E-state index contributed by atoms with van der Waals surface area (Å²) in [5, 5.41) is 11.2. The van der Waals surface area contributed by atoms with Gasteiger partial charge < -0.3 is 14.4 Å². The van der Waals surface area contributed by atoms with E-state index in [-0.39, 0.29) is 5.92 Å². The Morgan fingerprint density at radius 1 is 0.886 bits per heavy atom. The highest BCUT2D eigenvalue weighted by Crippen LogP contribution is 2.39. The summed E-state index contributed by atoms with van der Waals surface area (Å²) in [4.78, 5) is 26.6. The second-order valence-corrected chi connectivity index (χ2v) is 11.7. The van der Waals surface area contributed by atoms with Gasteiger partial charge in [0, 0.05) is 41.4 Å². The quantitative estimate of drug-likeness (QED) is 0.196. The lowest BCUT2D eigenvalue weighted by molar-refractivity contribution is -0.143. The molecule has 6 aromatic rings. The van der Waals surface area contributed by atoms with E-state index in [0.29, 0.717) is 25.3 Å². The number of carboxylic acids is 1. The minimum Gasteiger partial charge on any atom is -0.487 e. The molecule has 1 aliphatic carbocycles. The van der Waals surface area contributed by atoms with Gasteiger partial charge in [-0.2, -0.15) is 0 Å². The van der Waals surface area contributed by atoms with Gasteiger partial charge >= 0.3 is 5.97 Å². The molecule has 7 nitrogen and oxygen atoms in total. The van der Waals surface area contributed by atoms with Crippen LogP contribution in [-0.2, 0) is 17.9 Å². The van der Waals surface area contributed by atoms with E-state index in [1.54, 1.807) is 0 Å². The molecule has 0 amide bonds. The number of carbonyl (C=O) groups is 1. The summed E-state index contributed by atoms with van der Waals surface area (Å²) in [6.07, 6.45) is 5.33. The fraction of sp³-hybridized carbons (Fsp3) is 0.243. The Balaban J connectivity index is 1.20. The average molecular weight is 583 g/mol. The normalized spacial score (nSPS) is 16.8. The van der Waals surface area contributed by atoms with Crippen molar-refractivity contribution in [2.75, 3.05) is 0 Å². The summed E-state index contributed by atoms with van der Waals surface area (Å²) in [5.41, 5.74) is 7.87. The van der Waals surface area contributed by atoms with Crippen LogP contribution in [0.1, 0.15) is 54.4 Å². The summed E-state index contributed by atoms with van der Waals surface area (Å²) in [5.74, 6) is 0.227. The van der Waals surface area contributed by atoms with Crippen molar-refractivity contribution in [3.63, 3.8) is 0 Å². The molecule has 0 radical (unpaired) electrons. The lowest BCUT2D eigenvalue weighted by Gasteiger charge is -2.28. The van der Waals surface area contributed by atoms with Crippen LogP contribution < -0.4 is 4.74 Å². The molecule has 44 heavy (non-hydrogen) atoms. The molecule has 0 spiro atoms. The summed E-state index contributed by atoms with van der Waals surface area (Å²) < 4.78 is 8.38. The van der Waals surface area contributed by atoms with Crippen LogP contribution in [0.2, 0.25) is 0 Å². The molecular weight excluding hydrogens is 548 g/mol. The number of benzene rings is 3. The van der Waals surface area contributed by atoms with Crippen molar-refractivity contribution in [2.45, 2.75) is 51.7 Å². The molecule has 7 rings (SSSR count). The lowest BCUT2D eigenvalue weighted by Crippen LogP contribution is -2.27. The fourth-order valence-corrected chi connectivity index (χ4v) is 6.37. The molecule has 1 fully saturated rings. The van der Waals surface area contributed by atoms with Gasteiger partial charge in [-0.05, 0) is 61.2 Å². The van der Waals surface area contributed by atoms with Gasteiger partial charge in [-0.3, -0.25) is 9.78 Å². The number of para-hydroxylation sites is 1. The smallest absolute Gasteiger partial charge is 0.307 e. The highest BCUT2D eigenvalue weighted by Gasteiger charge is 2.35. The Hall–Kier alpha value is -5.04. The van der Waals surface area contributed by atoms with Gasteiger partial charge in [-0.25, -0.2) is 9.97 Å². The molecule has 1 N–H and O–H groups in total. The van der Waals surface area contributed by atoms with E-state index in [4.69, 9.17) is 14.7 Å². The highest BCUT2D eigenvalue weighted by molar-refractivity contribution is 5.79. The SMILES string of the molecule is Cc1ccc(-c2ccc(Cn3c([C@H]4CCCC[C@H]4C(=O)O)nc4cc(OCc5ccc6ccccc6n5)ccc43)cc2)cn1. The van der Waals surface area contributed by atoms with E-state index in [9.17, 15) is 9.90 Å². The predicted molar refractivity (Wildman–Crippen MR) is 172 cm³/mol. The first-order chi connectivity index (χ1) is 21.5. The van der Waals surface area contributed by atoms with E-state index in [2.05, 4.69) is 45.9 Å². The van der Waals surface area contributed by atoms with E-state index in [1.165, 1.54) is 0 Å². The largest absolute Gasteiger partial charge is 0.487 e. The number of aryl methyl sites for hydroxylation is 1. The van der Waals surface area contributed by atoms with Gasteiger partial charge in [0.25, 0.3) is 0 Å². The zero-order valence-electron chi connectivity index (χ0n) is 24.7. The number of aliphatic carboxylic acids is 1. The van der Waals surface area contributed by atoms with Crippen LogP contribution >= 0.6 is 0 Å². The maximum Gasteiger partial charge on any atom is 0.307 e. The number of carboxylic acid groups (broad SMARTS) is 1. The molecule has 3 heterocycles. The van der Waals surface area contributed by atoms with Gasteiger partial charge in [0.15, 0.2) is 0 Å². The fourth-order valence-electron chi connectivity index (χ4n) is 6.37. The van der Waals surface area contributed by atoms with E-state index in [1.807, 2.05) is 67.7 Å². The van der Waals surface area contributed by atoms with Crippen molar-refractivity contribution >= 4 is 27.9 Å². The maximum atomic E-state index is 12.3. The van der Waals surface area contributed by atoms with Gasteiger partial charge in [0.1, 0.15) is 18.2 Å². The Labute approximate surface area is 256 Å².